The van der Waals surface area contributed by atoms with E-state index in [1.807, 2.05) is 0 Å². The smallest absolute Gasteiger partial charge is 0.329 e. The Kier molecular flexibility index (Phi) is 6.87. The zero-order chi connectivity index (χ0) is 40.5. The van der Waals surface area contributed by atoms with Gasteiger partial charge in [-0.3, -0.25) is 0 Å². The number of hydrogen-bond acceptors (Lipinski definition) is 2. The van der Waals surface area contributed by atoms with Gasteiger partial charge in [0.1, 0.15) is 0 Å². The second kappa shape index (κ2) is 11.5. The predicted molar refractivity (Wildman–Crippen MR) is 255 cm³/mol. The second-order valence-corrected chi connectivity index (χ2v) is 21.0. The van der Waals surface area contributed by atoms with Gasteiger partial charge in [0, 0.05) is 45.1 Å². The summed E-state index contributed by atoms with van der Waals surface area (Å²) >= 11 is 0. The molecule has 0 saturated heterocycles. The molecule has 2 nitrogen and oxygen atoms in total. The van der Waals surface area contributed by atoms with Gasteiger partial charge in [0.2, 0.25) is 6.71 Å². The Hall–Kier alpha value is -5.73. The SMILES string of the molecule is CC(C)(C)c1ccc(N2C3=C(Cc4ccccc43)B3c4cc(C(C)(C)C)cc5c4N4B(c6cc(C(C)(C)C)ccc6-c6ccc2c3c64)c2ccc3ccccc3c2-5)cc1. The maximum absolute atomic E-state index is 2.82. The van der Waals surface area contributed by atoms with Crippen LogP contribution < -0.4 is 31.6 Å². The molecule has 0 spiro atoms. The van der Waals surface area contributed by atoms with E-state index in [2.05, 4.69) is 199 Å². The lowest BCUT2D eigenvalue weighted by Crippen LogP contribution is -2.67. The van der Waals surface area contributed by atoms with Gasteiger partial charge in [-0.2, -0.15) is 0 Å². The molecular formula is C55H50B2N2. The van der Waals surface area contributed by atoms with E-state index < -0.39 is 0 Å². The molecule has 0 unspecified atom stereocenters. The van der Waals surface area contributed by atoms with Crippen molar-refractivity contribution in [2.24, 2.45) is 0 Å². The molecular weight excluding hydrogens is 710 g/mol. The Morgan fingerprint density at radius 1 is 0.508 bits per heavy atom. The van der Waals surface area contributed by atoms with Crippen LogP contribution in [0.15, 0.2) is 133 Å². The zero-order valence-electron chi connectivity index (χ0n) is 35.9. The first-order valence-electron chi connectivity index (χ1n) is 21.7. The molecule has 4 heterocycles. The number of rotatable bonds is 1. The fourth-order valence-corrected chi connectivity index (χ4v) is 11.3. The lowest BCUT2D eigenvalue weighted by Gasteiger charge is -2.52. The van der Waals surface area contributed by atoms with Crippen LogP contribution in [-0.4, -0.2) is 13.6 Å². The summed E-state index contributed by atoms with van der Waals surface area (Å²) in [6.07, 6.45) is 0.943. The third-order valence-corrected chi connectivity index (χ3v) is 14.3. The Labute approximate surface area is 350 Å². The van der Waals surface area contributed by atoms with Gasteiger partial charge in [-0.25, -0.2) is 0 Å². The standard InChI is InChI=1S/C55H50B2N2/c1-53(2,3)34-19-22-37(23-20-34)58-47-27-25-41-40-24-21-35(54(4,5)6)30-44(40)57-43-26-18-32-14-10-12-16-38(32)48(43)42-29-36(55(7,8)9)31-46-51(42)59(57)52(41)49(47)56(46)45-28-33-15-11-13-17-39(33)50(45)58/h10-27,29-31H,28H2,1-9H3. The highest BCUT2D eigenvalue weighted by molar-refractivity contribution is 7.01. The quantitative estimate of drug-likeness (QED) is 0.154. The van der Waals surface area contributed by atoms with Crippen LogP contribution in [-0.2, 0) is 22.7 Å². The summed E-state index contributed by atoms with van der Waals surface area (Å²) in [5.41, 5.74) is 26.4. The number of fused-ring (bicyclic) bond motifs is 12. The molecule has 0 radical (unpaired) electrons. The van der Waals surface area contributed by atoms with E-state index in [4.69, 9.17) is 0 Å². The minimum Gasteiger partial charge on any atom is -0.377 e. The Morgan fingerprint density at radius 3 is 1.95 bits per heavy atom. The fourth-order valence-electron chi connectivity index (χ4n) is 11.3. The number of benzene rings is 7. The lowest BCUT2D eigenvalue weighted by atomic mass is 9.30. The van der Waals surface area contributed by atoms with Crippen molar-refractivity contribution in [3.05, 3.63) is 161 Å². The first kappa shape index (κ1) is 35.2. The molecule has 5 aliphatic rings. The van der Waals surface area contributed by atoms with Crippen LogP contribution in [0.1, 0.15) is 90.1 Å². The highest BCUT2D eigenvalue weighted by Gasteiger charge is 2.54. The normalized spacial score (nSPS) is 15.6. The van der Waals surface area contributed by atoms with E-state index in [0.717, 1.165) is 6.42 Å². The van der Waals surface area contributed by atoms with Gasteiger partial charge in [-0.1, -0.05) is 171 Å². The molecule has 1 aliphatic carbocycles. The summed E-state index contributed by atoms with van der Waals surface area (Å²) in [5.74, 6) is 0. The Balaban J connectivity index is 1.25. The summed E-state index contributed by atoms with van der Waals surface area (Å²) < 4.78 is 0. The Bertz CT molecular complexity index is 3040. The molecule has 12 rings (SSSR count). The Morgan fingerprint density at radius 2 is 1.19 bits per heavy atom. The molecule has 4 aliphatic heterocycles. The highest BCUT2D eigenvalue weighted by Crippen LogP contribution is 2.55. The topological polar surface area (TPSA) is 6.48 Å². The van der Waals surface area contributed by atoms with E-state index in [1.165, 1.54) is 117 Å². The van der Waals surface area contributed by atoms with Crippen molar-refractivity contribution in [2.45, 2.75) is 85.0 Å². The summed E-state index contributed by atoms with van der Waals surface area (Å²) in [7, 11) is 0. The first-order valence-corrected chi connectivity index (χ1v) is 21.7. The van der Waals surface area contributed by atoms with Gasteiger partial charge in [0.15, 0.2) is 0 Å². The molecule has 0 saturated carbocycles. The van der Waals surface area contributed by atoms with Crippen molar-refractivity contribution >= 4 is 74.6 Å². The third kappa shape index (κ3) is 4.72. The van der Waals surface area contributed by atoms with Crippen LogP contribution in [0.3, 0.4) is 0 Å². The fraction of sp³-hybridized carbons (Fsp3) is 0.236. The van der Waals surface area contributed by atoms with Crippen molar-refractivity contribution in [1.29, 1.82) is 0 Å². The van der Waals surface area contributed by atoms with Crippen LogP contribution in [0, 0.1) is 0 Å². The van der Waals surface area contributed by atoms with Crippen molar-refractivity contribution in [3.63, 3.8) is 0 Å². The third-order valence-electron chi connectivity index (χ3n) is 14.3. The highest BCUT2D eigenvalue weighted by atomic mass is 15.2. The maximum atomic E-state index is 2.82. The molecule has 7 aromatic rings. The maximum Gasteiger partial charge on any atom is 0.329 e. The van der Waals surface area contributed by atoms with E-state index in [-0.39, 0.29) is 29.8 Å². The summed E-state index contributed by atoms with van der Waals surface area (Å²) in [5, 5.41) is 2.65. The van der Waals surface area contributed by atoms with E-state index >= 15 is 0 Å². The average molecular weight is 761 g/mol. The molecule has 286 valence electrons. The van der Waals surface area contributed by atoms with Crippen molar-refractivity contribution in [2.75, 3.05) is 9.71 Å². The number of hydrogen-bond donors (Lipinski definition) is 0. The molecule has 59 heavy (non-hydrogen) atoms. The minimum absolute atomic E-state index is 0.0209. The molecule has 4 heteroatoms. The molecule has 0 bridgehead atoms. The van der Waals surface area contributed by atoms with Gasteiger partial charge < -0.3 is 9.71 Å². The monoisotopic (exact) mass is 760 g/mol. The molecule has 7 aromatic carbocycles. The van der Waals surface area contributed by atoms with Gasteiger partial charge >= 0.3 is 6.85 Å². The molecule has 0 amide bonds. The predicted octanol–water partition coefficient (Wildman–Crippen LogP) is 11.2. The first-order chi connectivity index (χ1) is 28.2. The summed E-state index contributed by atoms with van der Waals surface area (Å²) in [6.45, 7) is 21.3. The average Bonchev–Trinajstić information content (AvgIpc) is 3.59. The molecule has 0 fully saturated rings. The largest absolute Gasteiger partial charge is 0.377 e. The van der Waals surface area contributed by atoms with Crippen molar-refractivity contribution in [1.82, 2.24) is 0 Å². The minimum atomic E-state index is -0.0421. The lowest BCUT2D eigenvalue weighted by molar-refractivity contribution is 0.590. The van der Waals surface area contributed by atoms with E-state index in [9.17, 15) is 0 Å². The molecule has 0 aromatic heterocycles. The van der Waals surface area contributed by atoms with E-state index in [1.54, 1.807) is 0 Å². The second-order valence-electron chi connectivity index (χ2n) is 21.0. The number of anilines is 4. The van der Waals surface area contributed by atoms with Crippen LogP contribution in [0.5, 0.6) is 0 Å². The van der Waals surface area contributed by atoms with Gasteiger partial charge in [0.25, 0.3) is 0 Å². The summed E-state index contributed by atoms with van der Waals surface area (Å²) in [4.78, 5) is 5.46. The van der Waals surface area contributed by atoms with Crippen LogP contribution >= 0.6 is 0 Å². The van der Waals surface area contributed by atoms with Crippen LogP contribution in [0.25, 0.3) is 38.7 Å². The van der Waals surface area contributed by atoms with Gasteiger partial charge in [0.05, 0.1) is 0 Å². The van der Waals surface area contributed by atoms with Crippen LogP contribution in [0.2, 0.25) is 0 Å². The number of allylic oxidation sites excluding steroid dienone is 1. The van der Waals surface area contributed by atoms with Crippen LogP contribution in [0.4, 0.5) is 22.7 Å². The van der Waals surface area contributed by atoms with Gasteiger partial charge in [-0.05, 0) is 113 Å². The van der Waals surface area contributed by atoms with E-state index in [0.29, 0.717) is 0 Å². The molecule has 0 N–H and O–H groups in total. The van der Waals surface area contributed by atoms with Gasteiger partial charge in [-0.15, -0.1) is 0 Å². The summed E-state index contributed by atoms with van der Waals surface area (Å²) in [6, 6.07) is 50.1. The van der Waals surface area contributed by atoms with Crippen molar-refractivity contribution < 1.29 is 0 Å². The number of nitrogens with zero attached hydrogens (tertiary/aromatic N) is 2. The molecule has 0 atom stereocenters. The van der Waals surface area contributed by atoms with Crippen molar-refractivity contribution in [3.8, 4) is 22.3 Å². The zero-order valence-corrected chi connectivity index (χ0v) is 35.9.